The number of Topliss-reactive ketones (excluding diaryl/α,β-unsaturated/α-hetero) is 1. The predicted octanol–water partition coefficient (Wildman–Crippen LogP) is 4.73. The van der Waals surface area contributed by atoms with Gasteiger partial charge in [0.05, 0.1) is 17.1 Å². The second-order valence-corrected chi connectivity index (χ2v) is 8.69. The van der Waals surface area contributed by atoms with Crippen LogP contribution in [0.2, 0.25) is 0 Å². The van der Waals surface area contributed by atoms with Crippen LogP contribution in [0.5, 0.6) is 0 Å². The highest BCUT2D eigenvalue weighted by atomic mass is 32.1. The first kappa shape index (κ1) is 19.9. The Hall–Kier alpha value is -3.03. The maximum Gasteiger partial charge on any atom is 0.194 e. The van der Waals surface area contributed by atoms with Gasteiger partial charge >= 0.3 is 0 Å². The van der Waals surface area contributed by atoms with Crippen molar-refractivity contribution in [3.63, 3.8) is 0 Å². The van der Waals surface area contributed by atoms with E-state index in [1.165, 1.54) is 18.7 Å². The molecule has 0 atom stereocenters. The van der Waals surface area contributed by atoms with E-state index in [9.17, 15) is 9.18 Å². The zero-order valence-electron chi connectivity index (χ0n) is 17.3. The van der Waals surface area contributed by atoms with E-state index >= 15 is 0 Å². The molecule has 1 saturated heterocycles. The molecule has 1 aliphatic rings. The van der Waals surface area contributed by atoms with Crippen LogP contribution in [0.25, 0.3) is 16.2 Å². The van der Waals surface area contributed by atoms with E-state index in [1.54, 1.807) is 23.5 Å². The van der Waals surface area contributed by atoms with Crippen molar-refractivity contribution >= 4 is 27.8 Å². The average Bonchev–Trinajstić information content (AvgIpc) is 3.37. The number of nitrogens with zero attached hydrogens (tertiary/aromatic N) is 4. The van der Waals surface area contributed by atoms with Gasteiger partial charge < -0.3 is 4.90 Å². The highest BCUT2D eigenvalue weighted by molar-refractivity contribution is 7.15. The Morgan fingerprint density at radius 1 is 1.10 bits per heavy atom. The number of imidazole rings is 1. The Balaban J connectivity index is 1.33. The molecule has 5 rings (SSSR count). The van der Waals surface area contributed by atoms with Gasteiger partial charge in [-0.15, -0.1) is 11.3 Å². The smallest absolute Gasteiger partial charge is 0.194 e. The summed E-state index contributed by atoms with van der Waals surface area (Å²) in [6.07, 6.45) is 2.08. The fourth-order valence-electron chi connectivity index (χ4n) is 4.15. The number of hydrogen-bond donors (Lipinski definition) is 0. The molecule has 2 aromatic heterocycles. The highest BCUT2D eigenvalue weighted by Gasteiger charge is 2.23. The van der Waals surface area contributed by atoms with Gasteiger partial charge in [-0.2, -0.15) is 0 Å². The number of thiazole rings is 1. The van der Waals surface area contributed by atoms with Crippen LogP contribution in [0.15, 0.2) is 60.1 Å². The lowest BCUT2D eigenvalue weighted by Gasteiger charge is -2.36. The van der Waals surface area contributed by atoms with E-state index in [1.807, 2.05) is 18.2 Å². The molecule has 1 aliphatic heterocycles. The van der Waals surface area contributed by atoms with Crippen LogP contribution in [0.3, 0.4) is 0 Å². The normalized spacial score (nSPS) is 15.0. The summed E-state index contributed by atoms with van der Waals surface area (Å²) >= 11 is 1.64. The summed E-state index contributed by atoms with van der Waals surface area (Å²) in [6, 6.07) is 15.1. The molecule has 0 aliphatic carbocycles. The Labute approximate surface area is 184 Å². The zero-order valence-corrected chi connectivity index (χ0v) is 18.1. The molecule has 1 fully saturated rings. The molecule has 31 heavy (non-hydrogen) atoms. The number of aromatic nitrogens is 2. The van der Waals surface area contributed by atoms with Crippen LogP contribution >= 0.6 is 11.3 Å². The van der Waals surface area contributed by atoms with Crippen LogP contribution in [0, 0.1) is 5.82 Å². The SMILES string of the molecule is CC(=O)c1ccc(N2CCN(Cc3c(-c4ccccc4)nc4sccn34)CC2)c(F)c1. The number of carbonyl (C=O) groups is 1. The summed E-state index contributed by atoms with van der Waals surface area (Å²) in [6.45, 7) is 5.39. The first-order valence-electron chi connectivity index (χ1n) is 10.4. The molecule has 0 amide bonds. The van der Waals surface area contributed by atoms with E-state index in [0.717, 1.165) is 48.9 Å². The zero-order chi connectivity index (χ0) is 21.4. The molecule has 0 N–H and O–H groups in total. The third kappa shape index (κ3) is 3.86. The number of ketones is 1. The minimum Gasteiger partial charge on any atom is -0.367 e. The molecule has 4 aromatic rings. The number of carbonyl (C=O) groups excluding carboxylic acids is 1. The second kappa shape index (κ2) is 8.24. The average molecular weight is 435 g/mol. The summed E-state index contributed by atoms with van der Waals surface area (Å²) in [4.78, 5) is 21.8. The van der Waals surface area contributed by atoms with Crippen molar-refractivity contribution < 1.29 is 9.18 Å². The number of benzene rings is 2. The van der Waals surface area contributed by atoms with E-state index in [0.29, 0.717) is 11.3 Å². The van der Waals surface area contributed by atoms with Crippen LogP contribution < -0.4 is 4.90 Å². The van der Waals surface area contributed by atoms with Gasteiger partial charge in [0.25, 0.3) is 0 Å². The van der Waals surface area contributed by atoms with Crippen LogP contribution in [-0.4, -0.2) is 46.2 Å². The van der Waals surface area contributed by atoms with Gasteiger partial charge in [-0.1, -0.05) is 30.3 Å². The van der Waals surface area contributed by atoms with Gasteiger partial charge in [-0.05, 0) is 25.1 Å². The van der Waals surface area contributed by atoms with Gasteiger partial charge in [-0.25, -0.2) is 9.37 Å². The van der Waals surface area contributed by atoms with Crippen molar-refractivity contribution in [1.29, 1.82) is 0 Å². The maximum atomic E-state index is 14.6. The molecule has 5 nitrogen and oxygen atoms in total. The number of fused-ring (bicyclic) bond motifs is 1. The number of hydrogen-bond acceptors (Lipinski definition) is 5. The summed E-state index contributed by atoms with van der Waals surface area (Å²) in [5.41, 5.74) is 4.32. The van der Waals surface area contributed by atoms with Crippen molar-refractivity contribution in [2.75, 3.05) is 31.1 Å². The van der Waals surface area contributed by atoms with Crippen LogP contribution in [0.1, 0.15) is 23.0 Å². The number of anilines is 1. The molecule has 158 valence electrons. The summed E-state index contributed by atoms with van der Waals surface area (Å²) < 4.78 is 16.7. The lowest BCUT2D eigenvalue weighted by molar-refractivity contribution is 0.101. The first-order valence-corrected chi connectivity index (χ1v) is 11.3. The van der Waals surface area contributed by atoms with E-state index < -0.39 is 0 Å². The lowest BCUT2D eigenvalue weighted by atomic mass is 10.1. The molecule has 0 bridgehead atoms. The summed E-state index contributed by atoms with van der Waals surface area (Å²) in [5, 5.41) is 2.06. The van der Waals surface area contributed by atoms with Crippen molar-refractivity contribution in [2.45, 2.75) is 13.5 Å². The third-order valence-electron chi connectivity index (χ3n) is 5.85. The van der Waals surface area contributed by atoms with Gasteiger partial charge in [-0.3, -0.25) is 14.1 Å². The van der Waals surface area contributed by atoms with Gasteiger partial charge in [0.15, 0.2) is 10.7 Å². The minimum absolute atomic E-state index is 0.120. The van der Waals surface area contributed by atoms with Crippen LogP contribution in [0.4, 0.5) is 10.1 Å². The summed E-state index contributed by atoms with van der Waals surface area (Å²) in [5.74, 6) is -0.451. The van der Waals surface area contributed by atoms with Crippen molar-refractivity contribution in [3.05, 3.63) is 77.2 Å². The fourth-order valence-corrected chi connectivity index (χ4v) is 4.88. The number of halogens is 1. The summed E-state index contributed by atoms with van der Waals surface area (Å²) in [7, 11) is 0. The molecule has 3 heterocycles. The molecular formula is C24H23FN4OS. The van der Waals surface area contributed by atoms with Crippen molar-refractivity contribution in [2.24, 2.45) is 0 Å². The maximum absolute atomic E-state index is 14.6. The highest BCUT2D eigenvalue weighted by Crippen LogP contribution is 2.28. The molecule has 0 radical (unpaired) electrons. The molecule has 0 saturated carbocycles. The van der Waals surface area contributed by atoms with E-state index in [4.69, 9.17) is 4.98 Å². The quantitative estimate of drug-likeness (QED) is 0.426. The minimum atomic E-state index is -0.330. The Bertz CT molecular complexity index is 1230. The van der Waals surface area contributed by atoms with Crippen molar-refractivity contribution in [3.8, 4) is 11.3 Å². The Kier molecular flexibility index (Phi) is 5.29. The third-order valence-corrected chi connectivity index (χ3v) is 6.61. The van der Waals surface area contributed by atoms with Gasteiger partial charge in [0, 0.05) is 55.4 Å². The molecular weight excluding hydrogens is 411 g/mol. The monoisotopic (exact) mass is 434 g/mol. The Morgan fingerprint density at radius 3 is 2.58 bits per heavy atom. The molecule has 2 aromatic carbocycles. The Morgan fingerprint density at radius 2 is 1.87 bits per heavy atom. The molecule has 0 unspecified atom stereocenters. The first-order chi connectivity index (χ1) is 15.1. The van der Waals surface area contributed by atoms with Gasteiger partial charge in [0.2, 0.25) is 0 Å². The second-order valence-electron chi connectivity index (χ2n) is 7.81. The van der Waals surface area contributed by atoms with Crippen LogP contribution in [-0.2, 0) is 6.54 Å². The van der Waals surface area contributed by atoms with E-state index in [-0.39, 0.29) is 11.6 Å². The number of piperazine rings is 1. The van der Waals surface area contributed by atoms with Crippen molar-refractivity contribution in [1.82, 2.24) is 14.3 Å². The topological polar surface area (TPSA) is 40.9 Å². The molecule has 7 heteroatoms. The number of rotatable bonds is 5. The van der Waals surface area contributed by atoms with E-state index in [2.05, 4.69) is 37.9 Å². The largest absolute Gasteiger partial charge is 0.367 e. The predicted molar refractivity (Wildman–Crippen MR) is 122 cm³/mol. The van der Waals surface area contributed by atoms with Gasteiger partial charge in [0.1, 0.15) is 5.82 Å². The standard InChI is InChI=1S/C24H23FN4OS/c1-17(30)19-7-8-21(20(25)15-19)28-11-9-27(10-12-28)16-22-23(18-5-3-2-4-6-18)26-24-29(22)13-14-31-24/h2-8,13-15H,9-12,16H2,1H3. The fraction of sp³-hybridized carbons (Fsp3) is 0.250. The lowest BCUT2D eigenvalue weighted by Crippen LogP contribution is -2.46. The molecule has 0 spiro atoms.